The lowest BCUT2D eigenvalue weighted by molar-refractivity contribution is 0.0601. The molecule has 1 aliphatic carbocycles. The van der Waals surface area contributed by atoms with E-state index in [2.05, 4.69) is 9.71 Å². The van der Waals surface area contributed by atoms with E-state index in [4.69, 9.17) is 10.5 Å². The molecule has 1 aromatic heterocycles. The number of aryl methyl sites for hydroxylation is 1. The van der Waals surface area contributed by atoms with Gasteiger partial charge in [-0.1, -0.05) is 12.1 Å². The van der Waals surface area contributed by atoms with Crippen LogP contribution in [-0.2, 0) is 21.3 Å². The number of carbonyl (C=O) groups is 1. The number of allylic oxidation sites excluding steroid dienone is 1. The first-order valence-electron chi connectivity index (χ1n) is 10.5. The molecule has 182 valence electrons. The second-order valence-electron chi connectivity index (χ2n) is 7.94. The highest BCUT2D eigenvalue weighted by atomic mass is 35.5. The van der Waals surface area contributed by atoms with Crippen molar-refractivity contribution in [2.24, 2.45) is 5.73 Å². The SMILES string of the molecule is COC(=O)c1cc(-c2cccc(S(=O)(=O)NC3CC3)c2)c2nc(C)n(CC(F)=CCN)c2c1.Cl. The lowest BCUT2D eigenvalue weighted by Crippen LogP contribution is -2.25. The molecule has 2 aromatic carbocycles. The smallest absolute Gasteiger partial charge is 0.337 e. The minimum atomic E-state index is -3.67. The van der Waals surface area contributed by atoms with Gasteiger partial charge in [0, 0.05) is 18.2 Å². The predicted octanol–water partition coefficient (Wildman–Crippen LogP) is 3.47. The molecule has 0 aliphatic heterocycles. The number of carbonyl (C=O) groups excluding carboxylic acids is 1. The third-order valence-electron chi connectivity index (χ3n) is 5.47. The lowest BCUT2D eigenvalue weighted by Gasteiger charge is -2.11. The quantitative estimate of drug-likeness (QED) is 0.450. The minimum Gasteiger partial charge on any atom is -0.465 e. The first-order valence-corrected chi connectivity index (χ1v) is 12.0. The van der Waals surface area contributed by atoms with Crippen LogP contribution in [0.1, 0.15) is 29.0 Å². The fourth-order valence-electron chi connectivity index (χ4n) is 3.66. The molecule has 3 aromatic rings. The number of halogens is 2. The van der Waals surface area contributed by atoms with Crippen molar-refractivity contribution in [3.05, 3.63) is 59.7 Å². The molecular formula is C23H26ClFN4O4S. The van der Waals surface area contributed by atoms with Crippen LogP contribution >= 0.6 is 12.4 Å². The van der Waals surface area contributed by atoms with Gasteiger partial charge < -0.3 is 15.0 Å². The zero-order chi connectivity index (χ0) is 23.8. The summed E-state index contributed by atoms with van der Waals surface area (Å²) in [5, 5.41) is 0. The first-order chi connectivity index (χ1) is 15.7. The van der Waals surface area contributed by atoms with Crippen LogP contribution in [0.15, 0.2) is 53.2 Å². The van der Waals surface area contributed by atoms with E-state index in [-0.39, 0.29) is 42.0 Å². The molecule has 1 saturated carbocycles. The largest absolute Gasteiger partial charge is 0.465 e. The van der Waals surface area contributed by atoms with Crippen molar-refractivity contribution in [2.45, 2.75) is 37.2 Å². The van der Waals surface area contributed by atoms with Gasteiger partial charge in [-0.2, -0.15) is 0 Å². The molecule has 8 nitrogen and oxygen atoms in total. The molecule has 1 heterocycles. The highest BCUT2D eigenvalue weighted by Crippen LogP contribution is 2.33. The van der Waals surface area contributed by atoms with Gasteiger partial charge in [0.25, 0.3) is 0 Å². The maximum atomic E-state index is 14.3. The summed E-state index contributed by atoms with van der Waals surface area (Å²) >= 11 is 0. The highest BCUT2D eigenvalue weighted by molar-refractivity contribution is 7.89. The zero-order valence-electron chi connectivity index (χ0n) is 18.7. The Hall–Kier alpha value is -2.79. The molecule has 4 rings (SSSR count). The maximum absolute atomic E-state index is 14.3. The molecule has 1 fully saturated rings. The number of nitrogens with zero attached hydrogens (tertiary/aromatic N) is 2. The van der Waals surface area contributed by atoms with Crippen molar-refractivity contribution < 1.29 is 22.3 Å². The van der Waals surface area contributed by atoms with Crippen molar-refractivity contribution in [2.75, 3.05) is 13.7 Å². The molecule has 0 unspecified atom stereocenters. The Labute approximate surface area is 203 Å². The Bertz CT molecular complexity index is 1370. The van der Waals surface area contributed by atoms with Gasteiger partial charge in [0.15, 0.2) is 0 Å². The van der Waals surface area contributed by atoms with E-state index in [1.54, 1.807) is 41.8 Å². The molecule has 34 heavy (non-hydrogen) atoms. The van der Waals surface area contributed by atoms with E-state index < -0.39 is 21.8 Å². The Morgan fingerprint density at radius 2 is 2.06 bits per heavy atom. The maximum Gasteiger partial charge on any atom is 0.337 e. The average molecular weight is 509 g/mol. The minimum absolute atomic E-state index is 0. The topological polar surface area (TPSA) is 116 Å². The molecule has 11 heteroatoms. The summed E-state index contributed by atoms with van der Waals surface area (Å²) in [5.41, 5.74) is 7.81. The summed E-state index contributed by atoms with van der Waals surface area (Å²) < 4.78 is 48.9. The molecule has 0 saturated heterocycles. The number of imidazole rings is 1. The number of nitrogens with two attached hydrogens (primary N) is 1. The zero-order valence-corrected chi connectivity index (χ0v) is 20.4. The van der Waals surface area contributed by atoms with Crippen molar-refractivity contribution in [3.8, 4) is 11.1 Å². The normalized spacial score (nSPS) is 14.2. The summed E-state index contributed by atoms with van der Waals surface area (Å²) in [7, 11) is -2.40. The molecule has 0 bridgehead atoms. The molecule has 0 radical (unpaired) electrons. The molecule has 1 aliphatic rings. The Morgan fingerprint density at radius 3 is 2.71 bits per heavy atom. The summed E-state index contributed by atoms with van der Waals surface area (Å²) in [5.74, 6) is -0.460. The van der Waals surface area contributed by atoms with Crippen LogP contribution in [0, 0.1) is 6.92 Å². The van der Waals surface area contributed by atoms with E-state index in [9.17, 15) is 17.6 Å². The number of rotatable bonds is 8. The van der Waals surface area contributed by atoms with Gasteiger partial charge in [0.05, 0.1) is 35.1 Å². The predicted molar refractivity (Wildman–Crippen MR) is 130 cm³/mol. The van der Waals surface area contributed by atoms with Gasteiger partial charge in [-0.15, -0.1) is 12.4 Å². The van der Waals surface area contributed by atoms with E-state index in [0.717, 1.165) is 12.8 Å². The fraction of sp³-hybridized carbons (Fsp3) is 0.304. The number of sulfonamides is 1. The number of benzene rings is 2. The van der Waals surface area contributed by atoms with Gasteiger partial charge in [-0.3, -0.25) is 0 Å². The molecule has 0 amide bonds. The number of methoxy groups -OCH3 is 1. The van der Waals surface area contributed by atoms with Crippen LogP contribution in [0.3, 0.4) is 0 Å². The molecular weight excluding hydrogens is 483 g/mol. The van der Waals surface area contributed by atoms with Gasteiger partial charge in [0.1, 0.15) is 11.7 Å². The third-order valence-corrected chi connectivity index (χ3v) is 6.99. The van der Waals surface area contributed by atoms with Crippen molar-refractivity contribution in [3.63, 3.8) is 0 Å². The summed E-state index contributed by atoms with van der Waals surface area (Å²) in [4.78, 5) is 17.1. The van der Waals surface area contributed by atoms with Crippen LogP contribution in [0.4, 0.5) is 4.39 Å². The summed E-state index contributed by atoms with van der Waals surface area (Å²) in [6.07, 6.45) is 2.93. The average Bonchev–Trinajstić information content (AvgIpc) is 3.54. The molecule has 0 spiro atoms. The van der Waals surface area contributed by atoms with Crippen LogP contribution in [0.5, 0.6) is 0 Å². The van der Waals surface area contributed by atoms with Gasteiger partial charge in [0.2, 0.25) is 10.0 Å². The Kier molecular flexibility index (Phi) is 7.77. The van der Waals surface area contributed by atoms with Crippen molar-refractivity contribution in [1.82, 2.24) is 14.3 Å². The Morgan fingerprint density at radius 1 is 1.32 bits per heavy atom. The van der Waals surface area contributed by atoms with Gasteiger partial charge in [-0.25, -0.2) is 27.3 Å². The first kappa shape index (κ1) is 25.8. The van der Waals surface area contributed by atoms with Gasteiger partial charge in [-0.05, 0) is 55.7 Å². The van der Waals surface area contributed by atoms with Crippen molar-refractivity contribution in [1.29, 1.82) is 0 Å². The molecule has 3 N–H and O–H groups in total. The fourth-order valence-corrected chi connectivity index (χ4v) is 5.01. The highest BCUT2D eigenvalue weighted by Gasteiger charge is 2.28. The number of hydrogen-bond acceptors (Lipinski definition) is 6. The number of fused-ring (bicyclic) bond motifs is 1. The number of nitrogens with one attached hydrogen (secondary N) is 1. The number of esters is 1. The van der Waals surface area contributed by atoms with Crippen LogP contribution in [-0.4, -0.2) is 43.6 Å². The van der Waals surface area contributed by atoms with E-state index in [1.807, 2.05) is 0 Å². The number of hydrogen-bond donors (Lipinski definition) is 2. The monoisotopic (exact) mass is 508 g/mol. The van der Waals surface area contributed by atoms with Crippen LogP contribution in [0.25, 0.3) is 22.2 Å². The second kappa shape index (κ2) is 10.2. The standard InChI is InChI=1S/C23H25FN4O4S.ClH/c1-14-26-22-20(15-4-3-5-19(10-15)33(30,31)27-18-6-7-18)11-16(23(29)32-2)12-21(22)28(14)13-17(24)8-9-25;/h3-5,8,10-12,18,27H,6-7,9,13,25H2,1-2H3;1H. The molecule has 0 atom stereocenters. The van der Waals surface area contributed by atoms with Gasteiger partial charge >= 0.3 is 5.97 Å². The van der Waals surface area contributed by atoms with E-state index >= 15 is 0 Å². The number of aromatic nitrogens is 2. The van der Waals surface area contributed by atoms with Crippen LogP contribution in [0.2, 0.25) is 0 Å². The number of ether oxygens (including phenoxy) is 1. The third kappa shape index (κ3) is 5.30. The lowest BCUT2D eigenvalue weighted by atomic mass is 10.0. The Balaban J connectivity index is 0.00000324. The van der Waals surface area contributed by atoms with Crippen LogP contribution < -0.4 is 10.5 Å². The van der Waals surface area contributed by atoms with E-state index in [0.29, 0.717) is 28.0 Å². The van der Waals surface area contributed by atoms with E-state index in [1.165, 1.54) is 19.3 Å². The second-order valence-corrected chi connectivity index (χ2v) is 9.65. The summed E-state index contributed by atoms with van der Waals surface area (Å²) in [6, 6.07) is 9.63. The summed E-state index contributed by atoms with van der Waals surface area (Å²) in [6.45, 7) is 1.70. The van der Waals surface area contributed by atoms with Crippen molar-refractivity contribution >= 4 is 39.4 Å².